The Kier molecular flexibility index (Phi) is 5.40. The molecule has 0 aliphatic rings. The molecule has 0 aliphatic carbocycles. The lowest BCUT2D eigenvalue weighted by atomic mass is 10.2. The molecule has 1 heterocycles. The summed E-state index contributed by atoms with van der Waals surface area (Å²) in [5, 5.41) is 12.2. The van der Waals surface area contributed by atoms with Crippen LogP contribution in [0.2, 0.25) is 0 Å². The lowest BCUT2D eigenvalue weighted by Gasteiger charge is -2.09. The van der Waals surface area contributed by atoms with Crippen molar-refractivity contribution in [3.8, 4) is 16.3 Å². The Morgan fingerprint density at radius 3 is 2.48 bits per heavy atom. The number of hydrogen-bond acceptors (Lipinski definition) is 5. The van der Waals surface area contributed by atoms with E-state index in [0.717, 1.165) is 16.3 Å². The maximum Gasteiger partial charge on any atom is 0.257 e. The highest BCUT2D eigenvalue weighted by Gasteiger charge is 2.11. The lowest BCUT2D eigenvalue weighted by molar-refractivity contribution is 0.102. The maximum absolute atomic E-state index is 12.3. The minimum absolute atomic E-state index is 0.217. The van der Waals surface area contributed by atoms with Crippen LogP contribution in [0.15, 0.2) is 54.6 Å². The van der Waals surface area contributed by atoms with Crippen molar-refractivity contribution in [1.82, 2.24) is 10.2 Å². The number of carbonyl (C=O) groups excluding carboxylic acids is 1. The average molecular weight is 353 g/mol. The first-order valence-corrected chi connectivity index (χ1v) is 8.86. The zero-order valence-electron chi connectivity index (χ0n) is 14.1. The number of aromatic nitrogens is 2. The van der Waals surface area contributed by atoms with E-state index < -0.39 is 0 Å². The number of benzene rings is 2. The van der Waals surface area contributed by atoms with Gasteiger partial charge in [0.05, 0.1) is 6.61 Å². The topological polar surface area (TPSA) is 64.1 Å². The molecule has 1 amide bonds. The molecular formula is C19H19N3O2S. The second-order valence-corrected chi connectivity index (χ2v) is 6.94. The largest absolute Gasteiger partial charge is 0.493 e. The Hall–Kier alpha value is -2.73. The van der Waals surface area contributed by atoms with Crippen molar-refractivity contribution in [3.63, 3.8) is 0 Å². The minimum Gasteiger partial charge on any atom is -0.493 e. The van der Waals surface area contributed by atoms with Crippen molar-refractivity contribution in [2.24, 2.45) is 5.92 Å². The van der Waals surface area contributed by atoms with Crippen LogP contribution in [0.1, 0.15) is 24.2 Å². The van der Waals surface area contributed by atoms with Crippen LogP contribution < -0.4 is 10.1 Å². The first-order chi connectivity index (χ1) is 12.1. The van der Waals surface area contributed by atoms with Gasteiger partial charge in [-0.3, -0.25) is 10.1 Å². The van der Waals surface area contributed by atoms with Gasteiger partial charge in [-0.2, -0.15) is 0 Å². The summed E-state index contributed by atoms with van der Waals surface area (Å²) in [5.41, 5.74) is 1.53. The second-order valence-electron chi connectivity index (χ2n) is 5.96. The summed E-state index contributed by atoms with van der Waals surface area (Å²) in [4.78, 5) is 12.3. The molecule has 0 radical (unpaired) electrons. The van der Waals surface area contributed by atoms with Crippen LogP contribution >= 0.6 is 11.3 Å². The van der Waals surface area contributed by atoms with E-state index in [1.54, 1.807) is 24.3 Å². The molecule has 0 spiro atoms. The molecule has 128 valence electrons. The zero-order valence-corrected chi connectivity index (χ0v) is 14.9. The summed E-state index contributed by atoms with van der Waals surface area (Å²) in [6.07, 6.45) is 0. The molecule has 5 nitrogen and oxygen atoms in total. The number of nitrogens with one attached hydrogen (secondary N) is 1. The monoisotopic (exact) mass is 353 g/mol. The molecule has 2 aromatic carbocycles. The van der Waals surface area contributed by atoms with Gasteiger partial charge in [-0.25, -0.2) is 0 Å². The summed E-state index contributed by atoms with van der Waals surface area (Å²) in [6.45, 7) is 4.83. The fraction of sp³-hybridized carbons (Fsp3) is 0.211. The van der Waals surface area contributed by atoms with E-state index >= 15 is 0 Å². The highest BCUT2D eigenvalue weighted by Crippen LogP contribution is 2.26. The van der Waals surface area contributed by atoms with Gasteiger partial charge in [0.25, 0.3) is 5.91 Å². The van der Waals surface area contributed by atoms with Gasteiger partial charge in [0, 0.05) is 11.1 Å². The third kappa shape index (κ3) is 4.64. The highest BCUT2D eigenvalue weighted by molar-refractivity contribution is 7.18. The molecule has 3 aromatic rings. The molecule has 0 atom stereocenters. The molecule has 0 aliphatic heterocycles. The van der Waals surface area contributed by atoms with Gasteiger partial charge in [0.15, 0.2) is 0 Å². The summed E-state index contributed by atoms with van der Waals surface area (Å²) in [5.74, 6) is 0.998. The maximum atomic E-state index is 12.3. The van der Waals surface area contributed by atoms with Crippen LogP contribution in [-0.2, 0) is 0 Å². The van der Waals surface area contributed by atoms with Crippen LogP contribution in [0.25, 0.3) is 10.6 Å². The van der Waals surface area contributed by atoms with Crippen LogP contribution in [0.3, 0.4) is 0 Å². The van der Waals surface area contributed by atoms with E-state index in [4.69, 9.17) is 4.74 Å². The molecule has 1 aromatic heterocycles. The van der Waals surface area contributed by atoms with E-state index in [2.05, 4.69) is 29.4 Å². The number of carbonyl (C=O) groups is 1. The van der Waals surface area contributed by atoms with Crippen molar-refractivity contribution < 1.29 is 9.53 Å². The molecule has 1 N–H and O–H groups in total. The van der Waals surface area contributed by atoms with Crippen LogP contribution in [0, 0.1) is 5.92 Å². The Morgan fingerprint density at radius 2 is 1.80 bits per heavy atom. The number of amides is 1. The van der Waals surface area contributed by atoms with Crippen molar-refractivity contribution in [1.29, 1.82) is 0 Å². The first-order valence-electron chi connectivity index (χ1n) is 8.05. The van der Waals surface area contributed by atoms with Crippen LogP contribution in [-0.4, -0.2) is 22.7 Å². The van der Waals surface area contributed by atoms with E-state index in [-0.39, 0.29) is 5.91 Å². The summed E-state index contributed by atoms with van der Waals surface area (Å²) in [6, 6.07) is 16.8. The summed E-state index contributed by atoms with van der Waals surface area (Å²) >= 11 is 1.34. The predicted octanol–water partition coefficient (Wildman–Crippen LogP) is 4.49. The molecule has 25 heavy (non-hydrogen) atoms. The standard InChI is InChI=1S/C19H19N3O2S/c1-13(2)12-24-16-10-8-14(9-11-16)17(23)20-19-22-21-18(25-19)15-6-4-3-5-7-15/h3-11,13H,12H2,1-2H3,(H,20,22,23). The minimum atomic E-state index is -0.217. The number of ether oxygens (including phenoxy) is 1. The lowest BCUT2D eigenvalue weighted by Crippen LogP contribution is -2.11. The SMILES string of the molecule is CC(C)COc1ccc(C(=O)Nc2nnc(-c3ccccc3)s2)cc1. The summed E-state index contributed by atoms with van der Waals surface area (Å²) in [7, 11) is 0. The molecule has 6 heteroatoms. The Morgan fingerprint density at radius 1 is 1.08 bits per heavy atom. The van der Waals surface area contributed by atoms with E-state index in [1.807, 2.05) is 30.3 Å². The number of rotatable bonds is 6. The molecule has 0 bridgehead atoms. The van der Waals surface area contributed by atoms with Crippen molar-refractivity contribution in [2.75, 3.05) is 11.9 Å². The Bertz CT molecular complexity index is 829. The van der Waals surface area contributed by atoms with Gasteiger partial charge in [-0.15, -0.1) is 10.2 Å². The second kappa shape index (κ2) is 7.90. The van der Waals surface area contributed by atoms with Gasteiger partial charge >= 0.3 is 0 Å². The number of anilines is 1. The highest BCUT2D eigenvalue weighted by atomic mass is 32.1. The van der Waals surface area contributed by atoms with Crippen LogP contribution in [0.5, 0.6) is 5.75 Å². The van der Waals surface area contributed by atoms with Gasteiger partial charge in [-0.05, 0) is 30.2 Å². The molecule has 0 saturated heterocycles. The first kappa shape index (κ1) is 17.1. The number of hydrogen-bond donors (Lipinski definition) is 1. The van der Waals surface area contributed by atoms with Gasteiger partial charge in [0.1, 0.15) is 10.8 Å². The fourth-order valence-corrected chi connectivity index (χ4v) is 2.85. The summed E-state index contributed by atoms with van der Waals surface area (Å²) < 4.78 is 5.62. The van der Waals surface area contributed by atoms with E-state index in [9.17, 15) is 4.79 Å². The smallest absolute Gasteiger partial charge is 0.257 e. The predicted molar refractivity (Wildman–Crippen MR) is 100 cm³/mol. The third-order valence-electron chi connectivity index (χ3n) is 3.37. The van der Waals surface area contributed by atoms with Gasteiger partial charge in [0.2, 0.25) is 5.13 Å². The Balaban J connectivity index is 1.63. The Labute approximate surface area is 150 Å². The van der Waals surface area contributed by atoms with Crippen LogP contribution in [0.4, 0.5) is 5.13 Å². The number of nitrogens with zero attached hydrogens (tertiary/aromatic N) is 2. The molecule has 0 fully saturated rings. The van der Waals surface area contributed by atoms with E-state index in [0.29, 0.717) is 23.2 Å². The average Bonchev–Trinajstić information content (AvgIpc) is 3.09. The van der Waals surface area contributed by atoms with Crippen molar-refractivity contribution >= 4 is 22.4 Å². The van der Waals surface area contributed by atoms with Gasteiger partial charge < -0.3 is 4.74 Å². The molecule has 0 saturated carbocycles. The zero-order chi connectivity index (χ0) is 17.6. The quantitative estimate of drug-likeness (QED) is 0.709. The van der Waals surface area contributed by atoms with E-state index in [1.165, 1.54) is 11.3 Å². The molecule has 0 unspecified atom stereocenters. The van der Waals surface area contributed by atoms with Crippen molar-refractivity contribution in [3.05, 3.63) is 60.2 Å². The third-order valence-corrected chi connectivity index (χ3v) is 4.25. The fourth-order valence-electron chi connectivity index (χ4n) is 2.11. The van der Waals surface area contributed by atoms with Gasteiger partial charge in [-0.1, -0.05) is 55.5 Å². The normalized spacial score (nSPS) is 10.7. The molecule has 3 rings (SSSR count). The molecular weight excluding hydrogens is 334 g/mol. The van der Waals surface area contributed by atoms with Crippen molar-refractivity contribution in [2.45, 2.75) is 13.8 Å².